The monoisotopic (exact) mass is 401 g/mol. The number of ether oxygens (including phenoxy) is 1. The first-order chi connectivity index (χ1) is 14.6. The maximum Gasteiger partial charge on any atom is 0.353 e. The number of aromatic nitrogens is 2. The second-order valence-corrected chi connectivity index (χ2v) is 5.89. The molecule has 3 rings (SSSR count). The van der Waals surface area contributed by atoms with Crippen LogP contribution in [0.1, 0.15) is 0 Å². The maximum atomic E-state index is 11.7. The molecule has 1 heterocycles. The van der Waals surface area contributed by atoms with Gasteiger partial charge in [0.2, 0.25) is 11.6 Å². The maximum absolute atomic E-state index is 11.7. The SMILES string of the molecule is N#CCN(CC#N)c1ncnc(Nc2ccc(Oc3ccccc3)cc2)c1[N+](=O)[O-]. The molecule has 30 heavy (non-hydrogen) atoms. The Morgan fingerprint density at radius 1 is 1.00 bits per heavy atom. The smallest absolute Gasteiger partial charge is 0.353 e. The summed E-state index contributed by atoms with van der Waals surface area (Å²) in [4.78, 5) is 20.1. The van der Waals surface area contributed by atoms with Gasteiger partial charge in [0.25, 0.3) is 0 Å². The Bertz CT molecular complexity index is 1090. The van der Waals surface area contributed by atoms with Crippen LogP contribution in [0.3, 0.4) is 0 Å². The number of hydrogen-bond acceptors (Lipinski definition) is 9. The first-order valence-electron chi connectivity index (χ1n) is 8.70. The van der Waals surface area contributed by atoms with Gasteiger partial charge in [-0.25, -0.2) is 9.97 Å². The van der Waals surface area contributed by atoms with Crippen LogP contribution in [0.15, 0.2) is 60.9 Å². The largest absolute Gasteiger partial charge is 0.457 e. The summed E-state index contributed by atoms with van der Waals surface area (Å²) in [6.07, 6.45) is 1.14. The van der Waals surface area contributed by atoms with Crippen molar-refractivity contribution in [3.05, 3.63) is 71.0 Å². The molecule has 0 radical (unpaired) electrons. The highest BCUT2D eigenvalue weighted by atomic mass is 16.6. The molecule has 0 aliphatic rings. The number of rotatable bonds is 8. The third kappa shape index (κ3) is 4.77. The van der Waals surface area contributed by atoms with E-state index in [1.807, 2.05) is 42.5 Å². The molecule has 0 fully saturated rings. The first-order valence-corrected chi connectivity index (χ1v) is 8.70. The summed E-state index contributed by atoms with van der Waals surface area (Å²) >= 11 is 0. The Labute approximate surface area is 171 Å². The highest BCUT2D eigenvalue weighted by Gasteiger charge is 2.27. The van der Waals surface area contributed by atoms with Crippen molar-refractivity contribution in [3.63, 3.8) is 0 Å². The standard InChI is InChI=1S/C20H15N7O3/c21-10-12-26(13-11-22)20-18(27(28)29)19(23-14-24-20)25-15-6-8-17(9-7-15)30-16-4-2-1-3-5-16/h1-9,14H,12-13H2,(H,23,24,25). The minimum atomic E-state index is -0.647. The molecule has 0 unspecified atom stereocenters. The fourth-order valence-corrected chi connectivity index (χ4v) is 2.60. The Morgan fingerprint density at radius 3 is 2.23 bits per heavy atom. The van der Waals surface area contributed by atoms with Gasteiger partial charge in [0.15, 0.2) is 0 Å². The van der Waals surface area contributed by atoms with Crippen LogP contribution >= 0.6 is 0 Å². The third-order valence-corrected chi connectivity index (χ3v) is 3.90. The summed E-state index contributed by atoms with van der Waals surface area (Å²) in [5, 5.41) is 32.5. The molecular formula is C20H15N7O3. The molecule has 0 spiro atoms. The van der Waals surface area contributed by atoms with E-state index in [1.165, 1.54) is 4.90 Å². The number of nitro groups is 1. The van der Waals surface area contributed by atoms with E-state index in [2.05, 4.69) is 15.3 Å². The zero-order valence-corrected chi connectivity index (χ0v) is 15.6. The number of benzene rings is 2. The lowest BCUT2D eigenvalue weighted by atomic mass is 10.3. The number of nitriles is 2. The van der Waals surface area contributed by atoms with Crippen LogP contribution in [-0.4, -0.2) is 28.0 Å². The van der Waals surface area contributed by atoms with Gasteiger partial charge in [0.05, 0.1) is 17.1 Å². The first kappa shape index (κ1) is 20.0. The van der Waals surface area contributed by atoms with E-state index >= 15 is 0 Å². The average Bonchev–Trinajstić information content (AvgIpc) is 2.75. The lowest BCUT2D eigenvalue weighted by Crippen LogP contribution is -2.26. The predicted octanol–water partition coefficient (Wildman–Crippen LogP) is 3.77. The Balaban J connectivity index is 1.86. The molecule has 0 bridgehead atoms. The van der Waals surface area contributed by atoms with Crippen molar-refractivity contribution >= 4 is 23.0 Å². The fourth-order valence-electron chi connectivity index (χ4n) is 2.60. The van der Waals surface area contributed by atoms with E-state index in [4.69, 9.17) is 15.3 Å². The lowest BCUT2D eigenvalue weighted by molar-refractivity contribution is -0.383. The van der Waals surface area contributed by atoms with E-state index in [-0.39, 0.29) is 24.7 Å². The van der Waals surface area contributed by atoms with E-state index < -0.39 is 10.6 Å². The van der Waals surface area contributed by atoms with Gasteiger partial charge in [0.1, 0.15) is 30.9 Å². The summed E-state index contributed by atoms with van der Waals surface area (Å²) in [6, 6.07) is 19.8. The van der Waals surface area contributed by atoms with Crippen molar-refractivity contribution in [3.8, 4) is 23.6 Å². The zero-order valence-electron chi connectivity index (χ0n) is 15.6. The molecule has 0 aliphatic carbocycles. The number of nitrogens with zero attached hydrogens (tertiary/aromatic N) is 6. The van der Waals surface area contributed by atoms with Crippen LogP contribution < -0.4 is 15.0 Å². The molecule has 148 valence electrons. The quantitative estimate of drug-likeness (QED) is 0.339. The molecule has 10 nitrogen and oxygen atoms in total. The van der Waals surface area contributed by atoms with Crippen molar-refractivity contribution in [2.75, 3.05) is 23.3 Å². The molecule has 0 atom stereocenters. The van der Waals surface area contributed by atoms with Crippen LogP contribution in [0.4, 0.5) is 23.0 Å². The van der Waals surface area contributed by atoms with Crippen LogP contribution in [0.5, 0.6) is 11.5 Å². The fraction of sp³-hybridized carbons (Fsp3) is 0.100. The van der Waals surface area contributed by atoms with Gasteiger partial charge in [0, 0.05) is 5.69 Å². The average molecular weight is 401 g/mol. The molecule has 2 aromatic carbocycles. The predicted molar refractivity (Wildman–Crippen MR) is 108 cm³/mol. The summed E-state index contributed by atoms with van der Waals surface area (Å²) in [7, 11) is 0. The minimum Gasteiger partial charge on any atom is -0.457 e. The molecule has 1 N–H and O–H groups in total. The molecular weight excluding hydrogens is 386 g/mol. The number of nitrogens with one attached hydrogen (secondary N) is 1. The second kappa shape index (κ2) is 9.48. The third-order valence-electron chi connectivity index (χ3n) is 3.90. The second-order valence-electron chi connectivity index (χ2n) is 5.89. The van der Waals surface area contributed by atoms with Crippen LogP contribution in [0, 0.1) is 32.8 Å². The van der Waals surface area contributed by atoms with E-state index in [0.29, 0.717) is 17.2 Å². The van der Waals surface area contributed by atoms with Crippen LogP contribution in [-0.2, 0) is 0 Å². The number of anilines is 3. The van der Waals surface area contributed by atoms with Crippen molar-refractivity contribution < 1.29 is 9.66 Å². The van der Waals surface area contributed by atoms with Gasteiger partial charge in [-0.3, -0.25) is 10.1 Å². The van der Waals surface area contributed by atoms with Gasteiger partial charge in [-0.05, 0) is 36.4 Å². The normalized spacial score (nSPS) is 9.80. The zero-order chi connectivity index (χ0) is 21.3. The topological polar surface area (TPSA) is 141 Å². The Kier molecular flexibility index (Phi) is 6.34. The summed E-state index contributed by atoms with van der Waals surface area (Å²) in [5.74, 6) is 1.12. The van der Waals surface area contributed by atoms with Crippen LogP contribution in [0.2, 0.25) is 0 Å². The summed E-state index contributed by atoms with van der Waals surface area (Å²) in [6.45, 7) is -0.452. The highest BCUT2D eigenvalue weighted by Crippen LogP contribution is 2.34. The van der Waals surface area contributed by atoms with Crippen molar-refractivity contribution in [2.24, 2.45) is 0 Å². The van der Waals surface area contributed by atoms with Gasteiger partial charge in [-0.1, -0.05) is 18.2 Å². The molecule has 0 aliphatic heterocycles. The summed E-state index contributed by atoms with van der Waals surface area (Å²) in [5.41, 5.74) is 0.114. The minimum absolute atomic E-state index is 0.0531. The van der Waals surface area contributed by atoms with Gasteiger partial charge in [-0.2, -0.15) is 10.5 Å². The van der Waals surface area contributed by atoms with Gasteiger partial charge < -0.3 is 15.0 Å². The molecule has 10 heteroatoms. The van der Waals surface area contributed by atoms with Crippen LogP contribution in [0.25, 0.3) is 0 Å². The van der Waals surface area contributed by atoms with E-state index in [0.717, 1.165) is 6.33 Å². The Morgan fingerprint density at radius 2 is 1.63 bits per heavy atom. The van der Waals surface area contributed by atoms with Crippen molar-refractivity contribution in [2.45, 2.75) is 0 Å². The highest BCUT2D eigenvalue weighted by molar-refractivity contribution is 5.74. The Hall–Kier alpha value is -4.70. The van der Waals surface area contributed by atoms with Gasteiger partial charge in [-0.15, -0.1) is 0 Å². The lowest BCUT2D eigenvalue weighted by Gasteiger charge is -2.17. The molecule has 0 saturated heterocycles. The molecule has 1 aromatic heterocycles. The number of para-hydroxylation sites is 1. The van der Waals surface area contributed by atoms with Crippen molar-refractivity contribution in [1.82, 2.24) is 9.97 Å². The number of hydrogen-bond donors (Lipinski definition) is 1. The van der Waals surface area contributed by atoms with Gasteiger partial charge >= 0.3 is 5.69 Å². The molecule has 3 aromatic rings. The van der Waals surface area contributed by atoms with Crippen molar-refractivity contribution in [1.29, 1.82) is 10.5 Å². The molecule has 0 saturated carbocycles. The molecule has 0 amide bonds. The van der Waals surface area contributed by atoms with E-state index in [9.17, 15) is 10.1 Å². The van der Waals surface area contributed by atoms with E-state index in [1.54, 1.807) is 24.3 Å². The summed E-state index contributed by atoms with van der Waals surface area (Å²) < 4.78 is 5.72.